The van der Waals surface area contributed by atoms with Crippen molar-refractivity contribution >= 4 is 22.6 Å². The van der Waals surface area contributed by atoms with Crippen molar-refractivity contribution in [2.24, 2.45) is 0 Å². The van der Waals surface area contributed by atoms with Gasteiger partial charge in [-0.2, -0.15) is 0 Å². The Bertz CT molecular complexity index is 581. The third kappa shape index (κ3) is 1.87. The summed E-state index contributed by atoms with van der Waals surface area (Å²) in [5.74, 6) is 0.160. The van der Waals surface area contributed by atoms with Gasteiger partial charge in [-0.05, 0) is 18.2 Å². The van der Waals surface area contributed by atoms with Crippen LogP contribution in [0.3, 0.4) is 0 Å². The Kier molecular flexibility index (Phi) is 2.82. The van der Waals surface area contributed by atoms with Gasteiger partial charge in [0.25, 0.3) is 0 Å². The van der Waals surface area contributed by atoms with E-state index in [2.05, 4.69) is 9.72 Å². The van der Waals surface area contributed by atoms with Crippen molar-refractivity contribution in [3.8, 4) is 5.75 Å². The average Bonchev–Trinajstić information content (AvgIpc) is 2.38. The second-order valence-electron chi connectivity index (χ2n) is 3.46. The van der Waals surface area contributed by atoms with Gasteiger partial charge in [-0.3, -0.25) is 4.98 Å². The van der Waals surface area contributed by atoms with Crippen LogP contribution in [0, 0.1) is 0 Å². The molecule has 0 radical (unpaired) electrons. The predicted octanol–water partition coefficient (Wildman–Crippen LogP) is 1.61. The van der Waals surface area contributed by atoms with Crippen molar-refractivity contribution in [2.75, 3.05) is 20.0 Å². The van der Waals surface area contributed by atoms with E-state index in [0.29, 0.717) is 22.3 Å². The van der Waals surface area contributed by atoms with Gasteiger partial charge in [0.2, 0.25) is 0 Å². The number of nitrogen functional groups attached to an aromatic ring is 1. The lowest BCUT2D eigenvalue weighted by molar-refractivity contribution is 0.0601. The fourth-order valence-electron chi connectivity index (χ4n) is 1.59. The lowest BCUT2D eigenvalue weighted by Gasteiger charge is -2.08. The summed E-state index contributed by atoms with van der Waals surface area (Å²) in [6.45, 7) is 0. The SMILES string of the molecule is COC(=O)c1cnc2ccc(OC)cc2c1N. The first kappa shape index (κ1) is 11.2. The molecule has 0 aliphatic heterocycles. The zero-order valence-electron chi connectivity index (χ0n) is 9.56. The molecule has 0 atom stereocenters. The van der Waals surface area contributed by atoms with Gasteiger partial charge >= 0.3 is 5.97 Å². The smallest absolute Gasteiger partial charge is 0.341 e. The predicted molar refractivity (Wildman–Crippen MR) is 64.0 cm³/mol. The number of fused-ring (bicyclic) bond motifs is 1. The van der Waals surface area contributed by atoms with Crippen LogP contribution < -0.4 is 10.5 Å². The number of nitrogens with zero attached hydrogens (tertiary/aromatic N) is 1. The van der Waals surface area contributed by atoms with Gasteiger partial charge in [0.05, 0.1) is 25.4 Å². The largest absolute Gasteiger partial charge is 0.497 e. The highest BCUT2D eigenvalue weighted by molar-refractivity contribution is 6.04. The topological polar surface area (TPSA) is 74.4 Å². The first-order valence-corrected chi connectivity index (χ1v) is 4.98. The number of hydrogen-bond donors (Lipinski definition) is 1. The Morgan fingerprint density at radius 3 is 2.76 bits per heavy atom. The molecule has 1 heterocycles. The van der Waals surface area contributed by atoms with Crippen molar-refractivity contribution in [3.63, 3.8) is 0 Å². The average molecular weight is 232 g/mol. The highest BCUT2D eigenvalue weighted by atomic mass is 16.5. The van der Waals surface area contributed by atoms with Crippen molar-refractivity contribution in [1.82, 2.24) is 4.98 Å². The van der Waals surface area contributed by atoms with Crippen LogP contribution in [0.2, 0.25) is 0 Å². The third-order valence-corrected chi connectivity index (χ3v) is 2.52. The molecular weight excluding hydrogens is 220 g/mol. The van der Waals surface area contributed by atoms with Crippen LogP contribution in [0.5, 0.6) is 5.75 Å². The lowest BCUT2D eigenvalue weighted by atomic mass is 10.1. The van der Waals surface area contributed by atoms with Crippen molar-refractivity contribution < 1.29 is 14.3 Å². The molecule has 5 heteroatoms. The highest BCUT2D eigenvalue weighted by Gasteiger charge is 2.13. The summed E-state index contributed by atoms with van der Waals surface area (Å²) in [5.41, 5.74) is 7.23. The van der Waals surface area contributed by atoms with E-state index in [1.807, 2.05) is 0 Å². The number of pyridine rings is 1. The number of methoxy groups -OCH3 is 2. The van der Waals surface area contributed by atoms with Gasteiger partial charge in [0, 0.05) is 11.6 Å². The molecule has 2 aromatic rings. The second kappa shape index (κ2) is 4.29. The molecule has 2 N–H and O–H groups in total. The van der Waals surface area contributed by atoms with E-state index in [1.54, 1.807) is 25.3 Å². The molecule has 0 aliphatic carbocycles. The molecule has 5 nitrogen and oxygen atoms in total. The quantitative estimate of drug-likeness (QED) is 0.796. The number of carbonyl (C=O) groups is 1. The molecule has 0 spiro atoms. The lowest BCUT2D eigenvalue weighted by Crippen LogP contribution is -2.06. The van der Waals surface area contributed by atoms with Gasteiger partial charge in [0.15, 0.2) is 0 Å². The summed E-state index contributed by atoms with van der Waals surface area (Å²) in [7, 11) is 2.87. The maximum atomic E-state index is 11.5. The summed E-state index contributed by atoms with van der Waals surface area (Å²) in [5, 5.41) is 0.673. The number of rotatable bonds is 2. The first-order valence-electron chi connectivity index (χ1n) is 4.98. The fourth-order valence-corrected chi connectivity index (χ4v) is 1.59. The van der Waals surface area contributed by atoms with Gasteiger partial charge in [-0.25, -0.2) is 4.79 Å². The molecule has 2 rings (SSSR count). The number of anilines is 1. The van der Waals surface area contributed by atoms with Gasteiger partial charge in [-0.15, -0.1) is 0 Å². The third-order valence-electron chi connectivity index (χ3n) is 2.52. The number of aromatic nitrogens is 1. The zero-order valence-corrected chi connectivity index (χ0v) is 9.56. The number of carbonyl (C=O) groups excluding carboxylic acids is 1. The van der Waals surface area contributed by atoms with E-state index in [0.717, 1.165) is 0 Å². The number of ether oxygens (including phenoxy) is 2. The van der Waals surface area contributed by atoms with Crippen LogP contribution in [0.1, 0.15) is 10.4 Å². The van der Waals surface area contributed by atoms with Gasteiger partial charge in [0.1, 0.15) is 11.3 Å². The molecule has 0 unspecified atom stereocenters. The Morgan fingerprint density at radius 2 is 2.12 bits per heavy atom. The molecular formula is C12H12N2O3. The van der Waals surface area contributed by atoms with Crippen LogP contribution in [-0.4, -0.2) is 25.2 Å². The first-order chi connectivity index (χ1) is 8.17. The van der Waals surface area contributed by atoms with E-state index in [4.69, 9.17) is 10.5 Å². The molecule has 0 bridgehead atoms. The highest BCUT2D eigenvalue weighted by Crippen LogP contribution is 2.27. The Labute approximate surface area is 98.2 Å². The van der Waals surface area contributed by atoms with E-state index in [1.165, 1.54) is 13.3 Å². The number of benzene rings is 1. The number of hydrogen-bond acceptors (Lipinski definition) is 5. The number of nitrogens with two attached hydrogens (primary N) is 1. The Hall–Kier alpha value is -2.30. The molecule has 88 valence electrons. The van der Waals surface area contributed by atoms with Crippen molar-refractivity contribution in [2.45, 2.75) is 0 Å². The van der Waals surface area contributed by atoms with E-state index < -0.39 is 5.97 Å². The van der Waals surface area contributed by atoms with Crippen LogP contribution >= 0.6 is 0 Å². The summed E-state index contributed by atoms with van der Waals surface area (Å²) in [4.78, 5) is 15.6. The molecule has 0 aliphatic rings. The van der Waals surface area contributed by atoms with Crippen molar-refractivity contribution in [3.05, 3.63) is 30.0 Å². The standard InChI is InChI=1S/C12H12N2O3/c1-16-7-3-4-10-8(5-7)11(13)9(6-14-10)12(15)17-2/h3-6H,1-2H3,(H2,13,14). The van der Waals surface area contributed by atoms with Crippen LogP contribution in [0.15, 0.2) is 24.4 Å². The summed E-state index contributed by atoms with van der Waals surface area (Å²) in [6, 6.07) is 5.31. The maximum absolute atomic E-state index is 11.5. The fraction of sp³-hybridized carbons (Fsp3) is 0.167. The summed E-state index contributed by atoms with van der Waals surface area (Å²) >= 11 is 0. The van der Waals surface area contributed by atoms with Gasteiger partial charge in [-0.1, -0.05) is 0 Å². The summed E-state index contributed by atoms with van der Waals surface area (Å²) < 4.78 is 9.74. The summed E-state index contributed by atoms with van der Waals surface area (Å²) in [6.07, 6.45) is 1.41. The molecule has 17 heavy (non-hydrogen) atoms. The molecule has 1 aromatic heterocycles. The minimum atomic E-state index is -0.500. The van der Waals surface area contributed by atoms with Gasteiger partial charge < -0.3 is 15.2 Å². The molecule has 0 fully saturated rings. The molecule has 1 aromatic carbocycles. The Balaban J connectivity index is 2.68. The van der Waals surface area contributed by atoms with E-state index >= 15 is 0 Å². The minimum Gasteiger partial charge on any atom is -0.497 e. The molecule has 0 amide bonds. The molecule has 0 saturated heterocycles. The number of esters is 1. The zero-order chi connectivity index (χ0) is 12.4. The van der Waals surface area contributed by atoms with Crippen LogP contribution in [0.4, 0.5) is 5.69 Å². The monoisotopic (exact) mass is 232 g/mol. The van der Waals surface area contributed by atoms with E-state index in [-0.39, 0.29) is 5.56 Å². The second-order valence-corrected chi connectivity index (χ2v) is 3.46. The normalized spacial score (nSPS) is 10.2. The van der Waals surface area contributed by atoms with E-state index in [9.17, 15) is 4.79 Å². The van der Waals surface area contributed by atoms with Crippen molar-refractivity contribution in [1.29, 1.82) is 0 Å². The minimum absolute atomic E-state index is 0.258. The van der Waals surface area contributed by atoms with Crippen LogP contribution in [0.25, 0.3) is 10.9 Å². The van der Waals surface area contributed by atoms with Crippen LogP contribution in [-0.2, 0) is 4.74 Å². The Morgan fingerprint density at radius 1 is 1.35 bits per heavy atom. The maximum Gasteiger partial charge on any atom is 0.341 e. The molecule has 0 saturated carbocycles.